The molecule has 0 unspecified atom stereocenters. The predicted octanol–water partition coefficient (Wildman–Crippen LogP) is 3.65. The Hall–Kier alpha value is -3.52. The van der Waals surface area contributed by atoms with Gasteiger partial charge in [-0.15, -0.1) is 0 Å². The Morgan fingerprint density at radius 1 is 1.17 bits per heavy atom. The predicted molar refractivity (Wildman–Crippen MR) is 109 cm³/mol. The maximum Gasteiger partial charge on any atom is 0.359 e. The summed E-state index contributed by atoms with van der Waals surface area (Å²) >= 11 is 5.92. The van der Waals surface area contributed by atoms with Crippen molar-refractivity contribution < 1.29 is 18.7 Å². The maximum atomic E-state index is 14.7. The summed E-state index contributed by atoms with van der Waals surface area (Å²) < 4.78 is 24.5. The van der Waals surface area contributed by atoms with Crippen LogP contribution in [0.5, 0.6) is 5.75 Å². The normalized spacial score (nSPS) is 11.4. The fourth-order valence-electron chi connectivity index (χ4n) is 2.62. The van der Waals surface area contributed by atoms with Gasteiger partial charge in [0.25, 0.3) is 0 Å². The van der Waals surface area contributed by atoms with Gasteiger partial charge in [-0.2, -0.15) is 0 Å². The molecule has 0 spiro atoms. The Kier molecular flexibility index (Phi) is 5.74. The van der Waals surface area contributed by atoms with Gasteiger partial charge < -0.3 is 15.2 Å². The molecule has 2 aromatic carbocycles. The van der Waals surface area contributed by atoms with Crippen LogP contribution in [0.3, 0.4) is 0 Å². The minimum atomic E-state index is -0.830. The fraction of sp³-hybridized carbons (Fsp3) is 0.100. The number of methoxy groups -OCH3 is 2. The molecule has 0 saturated carbocycles. The molecule has 1 aromatic heterocycles. The smallest absolute Gasteiger partial charge is 0.359 e. The van der Waals surface area contributed by atoms with Crippen molar-refractivity contribution in [1.82, 2.24) is 9.97 Å². The first kappa shape index (κ1) is 20.2. The first-order chi connectivity index (χ1) is 13.9. The number of nitrogen functional groups attached to an aromatic ring is 1. The number of benzene rings is 2. The molecule has 0 bridgehead atoms. The number of halogens is 2. The highest BCUT2D eigenvalue weighted by molar-refractivity contribution is 6.44. The second kappa shape index (κ2) is 8.24. The van der Waals surface area contributed by atoms with E-state index in [1.807, 2.05) is 0 Å². The third kappa shape index (κ3) is 3.88. The largest absolute Gasteiger partial charge is 0.492 e. The number of carbonyl (C=O) groups excluding carboxylic acids is 1. The number of para-hydroxylation sites is 2. The van der Waals surface area contributed by atoms with Crippen LogP contribution in [-0.2, 0) is 9.53 Å². The van der Waals surface area contributed by atoms with Crippen LogP contribution >= 0.6 is 11.6 Å². The highest BCUT2D eigenvalue weighted by Crippen LogP contribution is 2.33. The van der Waals surface area contributed by atoms with Crippen molar-refractivity contribution in [2.75, 3.05) is 20.0 Å². The minimum absolute atomic E-state index is 0.00182. The molecule has 0 fully saturated rings. The van der Waals surface area contributed by atoms with Gasteiger partial charge in [-0.05, 0) is 24.3 Å². The van der Waals surface area contributed by atoms with Crippen molar-refractivity contribution in [3.63, 3.8) is 0 Å². The first-order valence-corrected chi connectivity index (χ1v) is 8.66. The number of aromatic nitrogens is 2. The highest BCUT2D eigenvalue weighted by Gasteiger charge is 2.23. The van der Waals surface area contributed by atoms with Crippen molar-refractivity contribution in [2.24, 2.45) is 4.99 Å². The average molecular weight is 415 g/mol. The molecule has 29 heavy (non-hydrogen) atoms. The molecule has 0 aliphatic carbocycles. The van der Waals surface area contributed by atoms with E-state index in [4.69, 9.17) is 26.8 Å². The number of fused-ring (bicyclic) bond motifs is 1. The summed E-state index contributed by atoms with van der Waals surface area (Å²) in [5.74, 6) is -1.79. The summed E-state index contributed by atoms with van der Waals surface area (Å²) in [7, 11) is 2.46. The number of anilines is 1. The van der Waals surface area contributed by atoms with E-state index in [9.17, 15) is 9.18 Å². The van der Waals surface area contributed by atoms with Crippen LogP contribution in [0.4, 0.5) is 10.2 Å². The Morgan fingerprint density at radius 2 is 1.83 bits per heavy atom. The first-order valence-electron chi connectivity index (χ1n) is 8.28. The number of hydrogen-bond acceptors (Lipinski definition) is 7. The lowest BCUT2D eigenvalue weighted by molar-refractivity contribution is -0.132. The van der Waals surface area contributed by atoms with Gasteiger partial charge in [-0.1, -0.05) is 30.3 Å². The monoisotopic (exact) mass is 414 g/mol. The van der Waals surface area contributed by atoms with Crippen molar-refractivity contribution >= 4 is 45.8 Å². The molecular formula is C20H16ClFN4O3. The standard InChI is InChI=1S/C20H16ClFN4O3/c1-10(11-8-9-12(21)18(28-2)15(11)22)24-17(20(27)29-3)16-19(23)26-14-7-5-4-6-13(14)25-16/h4-9H,1H2,2-3H3,(H2,23,26). The SMILES string of the molecule is C=C(N=C(C(=O)OC)c1nc2ccccc2nc1N)c1ccc(Cl)c(OC)c1F. The summed E-state index contributed by atoms with van der Waals surface area (Å²) in [5, 5.41) is 0.0864. The Bertz CT molecular complexity index is 1160. The number of nitrogens with zero attached hydrogens (tertiary/aromatic N) is 3. The molecule has 7 nitrogen and oxygen atoms in total. The molecule has 3 rings (SSSR count). The molecule has 0 atom stereocenters. The van der Waals surface area contributed by atoms with E-state index < -0.39 is 11.8 Å². The van der Waals surface area contributed by atoms with E-state index in [1.54, 1.807) is 24.3 Å². The summed E-state index contributed by atoms with van der Waals surface area (Å²) in [6.45, 7) is 3.74. The van der Waals surface area contributed by atoms with E-state index in [2.05, 4.69) is 21.5 Å². The number of hydrogen-bond donors (Lipinski definition) is 1. The highest BCUT2D eigenvalue weighted by atomic mass is 35.5. The van der Waals surface area contributed by atoms with Gasteiger partial charge in [-0.25, -0.2) is 24.1 Å². The molecule has 1 heterocycles. The summed E-state index contributed by atoms with van der Waals surface area (Å²) in [6, 6.07) is 9.78. The van der Waals surface area contributed by atoms with Gasteiger partial charge in [0.2, 0.25) is 0 Å². The molecule has 148 valence electrons. The topological polar surface area (TPSA) is 99.7 Å². The Balaban J connectivity index is 2.16. The van der Waals surface area contributed by atoms with E-state index in [0.717, 1.165) is 0 Å². The van der Waals surface area contributed by atoms with Crippen LogP contribution in [0.25, 0.3) is 16.7 Å². The summed E-state index contributed by atoms with van der Waals surface area (Å²) in [5.41, 5.74) is 6.68. The number of esters is 1. The minimum Gasteiger partial charge on any atom is -0.492 e. The zero-order chi connectivity index (χ0) is 21.1. The number of ether oxygens (including phenoxy) is 2. The lowest BCUT2D eigenvalue weighted by Crippen LogP contribution is -2.21. The van der Waals surface area contributed by atoms with Gasteiger partial charge in [0.15, 0.2) is 23.1 Å². The molecule has 3 aromatic rings. The molecule has 9 heteroatoms. The molecule has 0 radical (unpaired) electrons. The number of carbonyl (C=O) groups is 1. The van der Waals surface area contributed by atoms with Crippen LogP contribution in [-0.4, -0.2) is 35.9 Å². The third-order valence-electron chi connectivity index (χ3n) is 4.01. The number of aliphatic imine (C=N–C) groups is 1. The van der Waals surface area contributed by atoms with Crippen LogP contribution in [0.15, 0.2) is 48.0 Å². The quantitative estimate of drug-likeness (QED) is 0.505. The molecule has 0 aliphatic rings. The average Bonchev–Trinajstić information content (AvgIpc) is 2.71. The zero-order valence-electron chi connectivity index (χ0n) is 15.6. The lowest BCUT2D eigenvalue weighted by atomic mass is 10.1. The van der Waals surface area contributed by atoms with Crippen molar-refractivity contribution in [2.45, 2.75) is 0 Å². The Labute approximate surface area is 170 Å². The fourth-order valence-corrected chi connectivity index (χ4v) is 2.84. The molecule has 0 amide bonds. The molecule has 0 aliphatic heterocycles. The van der Waals surface area contributed by atoms with Crippen molar-refractivity contribution in [1.29, 1.82) is 0 Å². The van der Waals surface area contributed by atoms with E-state index in [1.165, 1.54) is 26.4 Å². The van der Waals surface area contributed by atoms with Crippen LogP contribution in [0.1, 0.15) is 11.3 Å². The van der Waals surface area contributed by atoms with Crippen LogP contribution < -0.4 is 10.5 Å². The maximum absolute atomic E-state index is 14.7. The van der Waals surface area contributed by atoms with Gasteiger partial charge >= 0.3 is 5.97 Å². The number of nitrogens with two attached hydrogens (primary N) is 1. The molecule has 2 N–H and O–H groups in total. The third-order valence-corrected chi connectivity index (χ3v) is 4.31. The van der Waals surface area contributed by atoms with Gasteiger partial charge in [0, 0.05) is 5.56 Å². The van der Waals surface area contributed by atoms with Gasteiger partial charge in [0.1, 0.15) is 5.69 Å². The Morgan fingerprint density at radius 3 is 2.45 bits per heavy atom. The summed E-state index contributed by atoms with van der Waals surface area (Å²) in [4.78, 5) is 25.1. The second-order valence-electron chi connectivity index (χ2n) is 5.79. The summed E-state index contributed by atoms with van der Waals surface area (Å²) in [6.07, 6.45) is 0. The molecule has 0 saturated heterocycles. The van der Waals surface area contributed by atoms with E-state index in [-0.39, 0.29) is 39.3 Å². The zero-order valence-corrected chi connectivity index (χ0v) is 16.3. The van der Waals surface area contributed by atoms with Gasteiger partial charge in [0.05, 0.1) is 36.0 Å². The molecular weight excluding hydrogens is 399 g/mol. The lowest BCUT2D eigenvalue weighted by Gasteiger charge is -2.11. The van der Waals surface area contributed by atoms with Gasteiger partial charge in [-0.3, -0.25) is 0 Å². The second-order valence-corrected chi connectivity index (χ2v) is 6.19. The number of rotatable bonds is 5. The van der Waals surface area contributed by atoms with Crippen molar-refractivity contribution in [3.8, 4) is 5.75 Å². The van der Waals surface area contributed by atoms with E-state index >= 15 is 0 Å². The van der Waals surface area contributed by atoms with Crippen molar-refractivity contribution in [3.05, 3.63) is 65.1 Å². The van der Waals surface area contributed by atoms with Crippen LogP contribution in [0.2, 0.25) is 5.02 Å². The van der Waals surface area contributed by atoms with Crippen LogP contribution in [0, 0.1) is 5.82 Å². The van der Waals surface area contributed by atoms with E-state index in [0.29, 0.717) is 11.0 Å².